The molecule has 4 heterocycles. The van der Waals surface area contributed by atoms with Gasteiger partial charge in [0.1, 0.15) is 23.3 Å². The molecule has 2 atom stereocenters. The van der Waals surface area contributed by atoms with Crippen LogP contribution in [0.3, 0.4) is 0 Å². The normalized spacial score (nSPS) is 19.2. The second-order valence-corrected chi connectivity index (χ2v) is 7.92. The fourth-order valence-electron chi connectivity index (χ4n) is 4.50. The van der Waals surface area contributed by atoms with Crippen LogP contribution in [-0.2, 0) is 19.1 Å². The summed E-state index contributed by atoms with van der Waals surface area (Å²) in [4.78, 5) is 23.2. The molecule has 4 aromatic rings. The molecule has 0 radical (unpaired) electrons. The zero-order chi connectivity index (χ0) is 23.7. The Kier molecular flexibility index (Phi) is 5.49. The zero-order valence-electron chi connectivity index (χ0n) is 17.9. The third-order valence-corrected chi connectivity index (χ3v) is 6.04. The first kappa shape index (κ1) is 21.3. The van der Waals surface area contributed by atoms with E-state index in [1.807, 2.05) is 48.5 Å². The number of carbonyl (C=O) groups is 2. The average Bonchev–Trinajstić information content (AvgIpc) is 3.63. The average molecular weight is 454 g/mol. The molecule has 2 saturated heterocycles. The fourth-order valence-corrected chi connectivity index (χ4v) is 4.50. The van der Waals surface area contributed by atoms with E-state index in [2.05, 4.69) is 0 Å². The van der Waals surface area contributed by atoms with Crippen molar-refractivity contribution in [1.29, 1.82) is 10.5 Å². The summed E-state index contributed by atoms with van der Waals surface area (Å²) in [5, 5.41) is 19.8. The number of hydrogen-bond acceptors (Lipinski definition) is 8. The molecule has 6 rings (SSSR count). The van der Waals surface area contributed by atoms with Gasteiger partial charge in [-0.05, 0) is 25.0 Å². The first-order valence-electron chi connectivity index (χ1n) is 10.8. The van der Waals surface area contributed by atoms with Gasteiger partial charge in [0.15, 0.2) is 0 Å². The van der Waals surface area contributed by atoms with Crippen LogP contribution in [0, 0.1) is 22.7 Å². The molecule has 0 bridgehead atoms. The van der Waals surface area contributed by atoms with Gasteiger partial charge in [0.05, 0.1) is 25.0 Å². The maximum Gasteiger partial charge on any atom is 0.313 e. The largest absolute Gasteiger partial charge is 0.465 e. The molecule has 2 aliphatic heterocycles. The van der Waals surface area contributed by atoms with E-state index in [0.29, 0.717) is 48.3 Å². The zero-order valence-corrected chi connectivity index (χ0v) is 17.9. The first-order chi connectivity index (χ1) is 16.6. The number of esters is 2. The quantitative estimate of drug-likeness (QED) is 0.400. The lowest BCUT2D eigenvalue weighted by Gasteiger charge is -2.02. The summed E-state index contributed by atoms with van der Waals surface area (Å²) in [5.41, 5.74) is 2.62. The number of ether oxygens (including phenoxy) is 2. The van der Waals surface area contributed by atoms with Gasteiger partial charge in [-0.1, -0.05) is 36.4 Å². The molecule has 8 heteroatoms. The topological polar surface area (TPSA) is 126 Å². The van der Waals surface area contributed by atoms with Crippen molar-refractivity contribution in [2.24, 2.45) is 0 Å². The van der Waals surface area contributed by atoms with Crippen molar-refractivity contribution in [2.75, 3.05) is 13.2 Å². The Bertz CT molecular complexity index is 1390. The molecule has 0 aliphatic carbocycles. The third kappa shape index (κ3) is 3.56. The number of hydrogen-bond donors (Lipinski definition) is 0. The lowest BCUT2D eigenvalue weighted by Crippen LogP contribution is -2.06. The molecule has 0 N–H and O–H groups in total. The standard InChI is InChI=1S/2C13H9NO3/c2*14-7-11-12(9-5-6-16-13(9)15)8-3-1-2-4-10(8)17-11/h2*1-4,9H,5-6H2/t2*9-/m11/s1. The Morgan fingerprint density at radius 3 is 1.44 bits per heavy atom. The molecule has 2 aromatic carbocycles. The molecule has 0 saturated carbocycles. The number of furan rings is 2. The third-order valence-electron chi connectivity index (χ3n) is 6.04. The summed E-state index contributed by atoms with van der Waals surface area (Å²) in [6.07, 6.45) is 1.22. The number of carbonyl (C=O) groups excluding carboxylic acids is 2. The van der Waals surface area contributed by atoms with Gasteiger partial charge in [-0.25, -0.2) is 0 Å². The lowest BCUT2D eigenvalue weighted by molar-refractivity contribution is -0.140. The van der Waals surface area contributed by atoms with E-state index in [9.17, 15) is 9.59 Å². The van der Waals surface area contributed by atoms with Crippen molar-refractivity contribution in [3.8, 4) is 12.1 Å². The summed E-state index contributed by atoms with van der Waals surface area (Å²) < 4.78 is 20.8. The predicted octanol–water partition coefficient (Wildman–Crippen LogP) is 4.67. The summed E-state index contributed by atoms with van der Waals surface area (Å²) in [7, 11) is 0. The van der Waals surface area contributed by atoms with E-state index >= 15 is 0 Å². The molecule has 2 aliphatic rings. The molecule has 0 amide bonds. The second-order valence-electron chi connectivity index (χ2n) is 7.92. The summed E-state index contributed by atoms with van der Waals surface area (Å²) in [6, 6.07) is 18.7. The highest BCUT2D eigenvalue weighted by atomic mass is 16.5. The van der Waals surface area contributed by atoms with Crippen molar-refractivity contribution >= 4 is 33.9 Å². The van der Waals surface area contributed by atoms with E-state index in [1.54, 1.807) is 12.1 Å². The van der Waals surface area contributed by atoms with Crippen molar-refractivity contribution in [3.63, 3.8) is 0 Å². The van der Waals surface area contributed by atoms with Gasteiger partial charge < -0.3 is 18.3 Å². The maximum atomic E-state index is 11.6. The molecule has 168 valence electrons. The van der Waals surface area contributed by atoms with Crippen molar-refractivity contribution in [1.82, 2.24) is 0 Å². The van der Waals surface area contributed by atoms with E-state index in [1.165, 1.54) is 0 Å². The van der Waals surface area contributed by atoms with Crippen LogP contribution in [0.5, 0.6) is 0 Å². The highest BCUT2D eigenvalue weighted by Gasteiger charge is 2.34. The second kappa shape index (κ2) is 8.76. The van der Waals surface area contributed by atoms with Gasteiger partial charge in [0, 0.05) is 21.9 Å². The van der Waals surface area contributed by atoms with Crippen LogP contribution in [0.1, 0.15) is 47.3 Å². The lowest BCUT2D eigenvalue weighted by atomic mass is 9.95. The van der Waals surface area contributed by atoms with E-state index in [-0.39, 0.29) is 35.3 Å². The predicted molar refractivity (Wildman–Crippen MR) is 118 cm³/mol. The Labute approximate surface area is 193 Å². The van der Waals surface area contributed by atoms with E-state index < -0.39 is 0 Å². The minimum Gasteiger partial charge on any atom is -0.465 e. The molecular weight excluding hydrogens is 436 g/mol. The Morgan fingerprint density at radius 1 is 0.676 bits per heavy atom. The SMILES string of the molecule is N#Cc1oc2ccccc2c1[C@H]1CCOC1=O.N#Cc1oc2ccccc2c1[C@H]1CCOC1=O. The number of nitriles is 2. The number of benzene rings is 2. The van der Waals surface area contributed by atoms with Gasteiger partial charge in [-0.2, -0.15) is 10.5 Å². The highest BCUT2D eigenvalue weighted by Crippen LogP contribution is 2.37. The van der Waals surface area contributed by atoms with Crippen LogP contribution >= 0.6 is 0 Å². The highest BCUT2D eigenvalue weighted by molar-refractivity contribution is 5.92. The van der Waals surface area contributed by atoms with Gasteiger partial charge in [-0.15, -0.1) is 0 Å². The number of rotatable bonds is 2. The Morgan fingerprint density at radius 2 is 1.09 bits per heavy atom. The Hall–Kier alpha value is -4.56. The van der Waals surface area contributed by atoms with Crippen LogP contribution in [-0.4, -0.2) is 25.2 Å². The molecular formula is C26H18N2O6. The number of nitrogens with zero attached hydrogens (tertiary/aromatic N) is 2. The summed E-state index contributed by atoms with van der Waals surface area (Å²) in [5.74, 6) is -0.840. The van der Waals surface area contributed by atoms with Gasteiger partial charge >= 0.3 is 11.9 Å². The fraction of sp³-hybridized carbons (Fsp3) is 0.231. The van der Waals surface area contributed by atoms with Gasteiger partial charge in [-0.3, -0.25) is 9.59 Å². The minimum absolute atomic E-state index is 0.218. The van der Waals surface area contributed by atoms with Gasteiger partial charge in [0.25, 0.3) is 0 Å². The summed E-state index contributed by atoms with van der Waals surface area (Å²) >= 11 is 0. The molecule has 8 nitrogen and oxygen atoms in total. The smallest absolute Gasteiger partial charge is 0.313 e. The maximum absolute atomic E-state index is 11.6. The first-order valence-corrected chi connectivity index (χ1v) is 10.8. The van der Waals surface area contributed by atoms with Crippen LogP contribution in [0.4, 0.5) is 0 Å². The summed E-state index contributed by atoms with van der Waals surface area (Å²) in [6.45, 7) is 0.821. The van der Waals surface area contributed by atoms with Gasteiger partial charge in [0.2, 0.25) is 11.5 Å². The van der Waals surface area contributed by atoms with Crippen LogP contribution in [0.2, 0.25) is 0 Å². The van der Waals surface area contributed by atoms with Crippen molar-refractivity contribution in [2.45, 2.75) is 24.7 Å². The molecule has 0 unspecified atom stereocenters. The van der Waals surface area contributed by atoms with Crippen LogP contribution in [0.15, 0.2) is 57.4 Å². The molecule has 0 spiro atoms. The molecule has 2 aromatic heterocycles. The number of fused-ring (bicyclic) bond motifs is 2. The van der Waals surface area contributed by atoms with Crippen LogP contribution in [0.25, 0.3) is 21.9 Å². The Balaban J connectivity index is 0.000000142. The van der Waals surface area contributed by atoms with E-state index in [0.717, 1.165) is 10.8 Å². The minimum atomic E-state index is -0.367. The van der Waals surface area contributed by atoms with Crippen LogP contribution < -0.4 is 0 Å². The van der Waals surface area contributed by atoms with Crippen molar-refractivity contribution in [3.05, 3.63) is 71.2 Å². The molecule has 2 fully saturated rings. The monoisotopic (exact) mass is 454 g/mol. The number of cyclic esters (lactones) is 2. The molecule has 34 heavy (non-hydrogen) atoms. The number of para-hydroxylation sites is 2. The van der Waals surface area contributed by atoms with E-state index in [4.69, 9.17) is 28.8 Å². The van der Waals surface area contributed by atoms with Crippen molar-refractivity contribution < 1.29 is 27.9 Å².